The van der Waals surface area contributed by atoms with Crippen molar-refractivity contribution in [2.24, 2.45) is 5.92 Å². The molecule has 0 spiro atoms. The highest BCUT2D eigenvalue weighted by molar-refractivity contribution is 5.41. The smallest absolute Gasteiger partial charge is 0.317 e. The highest BCUT2D eigenvalue weighted by Crippen LogP contribution is 2.28. The maximum Gasteiger partial charge on any atom is 0.431 e. The summed E-state index contributed by atoms with van der Waals surface area (Å²) in [7, 11) is 0. The van der Waals surface area contributed by atoms with Crippen LogP contribution in [0.15, 0.2) is 29.1 Å². The molecule has 0 aromatic carbocycles. The number of fused-ring (bicyclic) bond motifs is 1. The molecule has 1 aliphatic rings. The predicted octanol–water partition coefficient (Wildman–Crippen LogP) is 2.26. The lowest BCUT2D eigenvalue weighted by Crippen LogP contribution is -2.29. The third-order valence-electron chi connectivity index (χ3n) is 3.98. The molecule has 0 saturated carbocycles. The molecule has 7 heteroatoms. The van der Waals surface area contributed by atoms with Gasteiger partial charge in [0.2, 0.25) is 0 Å². The summed E-state index contributed by atoms with van der Waals surface area (Å²) < 4.78 is 39.6. The maximum atomic E-state index is 13.0. The molecule has 1 fully saturated rings. The van der Waals surface area contributed by atoms with Crippen LogP contribution in [0.3, 0.4) is 0 Å². The molecule has 3 rings (SSSR count). The van der Waals surface area contributed by atoms with Crippen molar-refractivity contribution in [3.05, 3.63) is 46.0 Å². The van der Waals surface area contributed by atoms with Gasteiger partial charge in [0.05, 0.1) is 0 Å². The largest absolute Gasteiger partial charge is 0.431 e. The standard InChI is InChI=1S/C15H16F3N3O/c16-15(17,18)12-2-1-3-13-20-11(9-14(22)21(12)13)8-10-4-6-19-7-5-10/h1-3,9-10,19H,4-8H2. The van der Waals surface area contributed by atoms with E-state index in [9.17, 15) is 18.0 Å². The third kappa shape index (κ3) is 2.99. The van der Waals surface area contributed by atoms with Crippen LogP contribution < -0.4 is 10.9 Å². The first kappa shape index (κ1) is 15.0. The third-order valence-corrected chi connectivity index (χ3v) is 3.98. The molecule has 0 radical (unpaired) electrons. The van der Waals surface area contributed by atoms with Crippen molar-refractivity contribution in [3.8, 4) is 0 Å². The van der Waals surface area contributed by atoms with Gasteiger partial charge < -0.3 is 5.32 Å². The van der Waals surface area contributed by atoms with E-state index in [-0.39, 0.29) is 5.65 Å². The number of hydrogen-bond acceptors (Lipinski definition) is 3. The van der Waals surface area contributed by atoms with Crippen molar-refractivity contribution in [3.63, 3.8) is 0 Å². The van der Waals surface area contributed by atoms with Crippen molar-refractivity contribution < 1.29 is 13.2 Å². The molecule has 4 nitrogen and oxygen atoms in total. The van der Waals surface area contributed by atoms with E-state index in [1.165, 1.54) is 18.2 Å². The van der Waals surface area contributed by atoms with E-state index < -0.39 is 17.4 Å². The van der Waals surface area contributed by atoms with Crippen molar-refractivity contribution in [2.45, 2.75) is 25.4 Å². The Morgan fingerprint density at radius 3 is 2.68 bits per heavy atom. The summed E-state index contributed by atoms with van der Waals surface area (Å²) in [6.45, 7) is 1.85. The van der Waals surface area contributed by atoms with Gasteiger partial charge >= 0.3 is 6.18 Å². The van der Waals surface area contributed by atoms with Crippen LogP contribution in [0.4, 0.5) is 13.2 Å². The second-order valence-corrected chi connectivity index (χ2v) is 5.59. The molecule has 0 unspecified atom stereocenters. The molecule has 0 amide bonds. The zero-order valence-electron chi connectivity index (χ0n) is 11.9. The van der Waals surface area contributed by atoms with Crippen LogP contribution in [0.25, 0.3) is 5.65 Å². The van der Waals surface area contributed by atoms with Gasteiger partial charge in [-0.25, -0.2) is 4.98 Å². The van der Waals surface area contributed by atoms with Crippen molar-refractivity contribution in [1.82, 2.24) is 14.7 Å². The van der Waals surface area contributed by atoms with E-state index in [0.29, 0.717) is 22.4 Å². The number of pyridine rings is 1. The number of piperidine rings is 1. The summed E-state index contributed by atoms with van der Waals surface area (Å²) in [6, 6.07) is 4.83. The average Bonchev–Trinajstić information content (AvgIpc) is 2.46. The van der Waals surface area contributed by atoms with Crippen LogP contribution >= 0.6 is 0 Å². The van der Waals surface area contributed by atoms with Gasteiger partial charge in [-0.1, -0.05) is 6.07 Å². The van der Waals surface area contributed by atoms with E-state index in [1.54, 1.807) is 0 Å². The molecule has 118 valence electrons. The maximum absolute atomic E-state index is 13.0. The zero-order valence-corrected chi connectivity index (χ0v) is 11.9. The van der Waals surface area contributed by atoms with Crippen molar-refractivity contribution >= 4 is 5.65 Å². The minimum absolute atomic E-state index is 0.0475. The van der Waals surface area contributed by atoms with Gasteiger partial charge in [0.1, 0.15) is 11.3 Å². The minimum Gasteiger partial charge on any atom is -0.317 e. The fourth-order valence-electron chi connectivity index (χ4n) is 2.91. The molecule has 22 heavy (non-hydrogen) atoms. The highest BCUT2D eigenvalue weighted by atomic mass is 19.4. The first-order chi connectivity index (χ1) is 10.4. The van der Waals surface area contributed by atoms with Crippen LogP contribution in [0, 0.1) is 5.92 Å². The fraction of sp³-hybridized carbons (Fsp3) is 0.467. The van der Waals surface area contributed by atoms with E-state index >= 15 is 0 Å². The Bertz CT molecular complexity index is 733. The van der Waals surface area contributed by atoms with Gasteiger partial charge in [0.25, 0.3) is 5.56 Å². The Kier molecular flexibility index (Phi) is 3.90. The lowest BCUT2D eigenvalue weighted by Gasteiger charge is -2.22. The van der Waals surface area contributed by atoms with Crippen LogP contribution in [-0.2, 0) is 12.6 Å². The van der Waals surface area contributed by atoms with E-state index in [2.05, 4.69) is 10.3 Å². The second kappa shape index (κ2) is 5.72. The van der Waals surface area contributed by atoms with Crippen LogP contribution in [-0.4, -0.2) is 22.5 Å². The number of nitrogens with zero attached hydrogens (tertiary/aromatic N) is 2. The molecule has 0 aliphatic carbocycles. The second-order valence-electron chi connectivity index (χ2n) is 5.59. The van der Waals surface area contributed by atoms with Crippen LogP contribution in [0.5, 0.6) is 0 Å². The van der Waals surface area contributed by atoms with Gasteiger partial charge in [-0.15, -0.1) is 0 Å². The summed E-state index contributed by atoms with van der Waals surface area (Å²) in [5.41, 5.74) is -1.06. The minimum atomic E-state index is -4.58. The molecule has 2 aromatic rings. The SMILES string of the molecule is O=c1cc(CC2CCNCC2)nc2cccc(C(F)(F)F)n12. The zero-order chi connectivity index (χ0) is 15.7. The molecule has 2 aromatic heterocycles. The molecule has 3 heterocycles. The number of nitrogens with one attached hydrogen (secondary N) is 1. The summed E-state index contributed by atoms with van der Waals surface area (Å²) in [4.78, 5) is 16.4. The Labute approximate surface area is 125 Å². The number of halogens is 3. The Balaban J connectivity index is 2.01. The highest BCUT2D eigenvalue weighted by Gasteiger charge is 2.33. The quantitative estimate of drug-likeness (QED) is 0.925. The number of rotatable bonds is 2. The summed E-state index contributed by atoms with van der Waals surface area (Å²) in [5.74, 6) is 0.418. The first-order valence-electron chi connectivity index (χ1n) is 7.25. The molecule has 1 N–H and O–H groups in total. The van der Waals surface area contributed by atoms with Crippen molar-refractivity contribution in [1.29, 1.82) is 0 Å². The van der Waals surface area contributed by atoms with Gasteiger partial charge in [-0.2, -0.15) is 13.2 Å². The molecule has 0 bridgehead atoms. The van der Waals surface area contributed by atoms with Gasteiger partial charge in [0.15, 0.2) is 0 Å². The lowest BCUT2D eigenvalue weighted by molar-refractivity contribution is -0.142. The number of aromatic nitrogens is 2. The van der Waals surface area contributed by atoms with E-state index in [0.717, 1.165) is 32.0 Å². The molecule has 1 saturated heterocycles. The monoisotopic (exact) mass is 311 g/mol. The van der Waals surface area contributed by atoms with Gasteiger partial charge in [-0.3, -0.25) is 9.20 Å². The summed E-state index contributed by atoms with van der Waals surface area (Å²) in [6.07, 6.45) is -1.97. The fourth-order valence-corrected chi connectivity index (χ4v) is 2.91. The summed E-state index contributed by atoms with van der Waals surface area (Å²) in [5, 5.41) is 3.25. The van der Waals surface area contributed by atoms with Crippen LogP contribution in [0.1, 0.15) is 24.2 Å². The van der Waals surface area contributed by atoms with Crippen molar-refractivity contribution in [2.75, 3.05) is 13.1 Å². The van der Waals surface area contributed by atoms with Crippen LogP contribution in [0.2, 0.25) is 0 Å². The number of hydrogen-bond donors (Lipinski definition) is 1. The number of alkyl halides is 3. The predicted molar refractivity (Wildman–Crippen MR) is 75.8 cm³/mol. The summed E-state index contributed by atoms with van der Waals surface area (Å²) >= 11 is 0. The Morgan fingerprint density at radius 1 is 1.27 bits per heavy atom. The Hall–Kier alpha value is -1.89. The molecule has 1 aliphatic heterocycles. The van der Waals surface area contributed by atoms with Gasteiger partial charge in [-0.05, 0) is 50.4 Å². The van der Waals surface area contributed by atoms with E-state index in [1.807, 2.05) is 0 Å². The normalized spacial score (nSPS) is 17.0. The average molecular weight is 311 g/mol. The topological polar surface area (TPSA) is 46.4 Å². The molecule has 0 atom stereocenters. The Morgan fingerprint density at radius 2 is 2.00 bits per heavy atom. The lowest BCUT2D eigenvalue weighted by atomic mass is 9.93. The molecular formula is C15H16F3N3O. The molecular weight excluding hydrogens is 295 g/mol. The van der Waals surface area contributed by atoms with Gasteiger partial charge in [0, 0.05) is 11.8 Å². The first-order valence-corrected chi connectivity index (χ1v) is 7.25. The van der Waals surface area contributed by atoms with E-state index in [4.69, 9.17) is 0 Å².